The highest BCUT2D eigenvalue weighted by Gasteiger charge is 2.66. The number of amides is 3. The largest absolute Gasteiger partial charge is 0.396 e. The second-order valence-corrected chi connectivity index (χ2v) is 13.8. The molecule has 4 rings (SSSR count). The van der Waals surface area contributed by atoms with Gasteiger partial charge in [-0.3, -0.25) is 14.4 Å². The lowest BCUT2D eigenvalue weighted by Gasteiger charge is -2.65. The second-order valence-electron chi connectivity index (χ2n) is 13.8. The molecule has 228 valence electrons. The fraction of sp³-hybridized carbons (Fsp3) is 0.900. The van der Waals surface area contributed by atoms with Crippen LogP contribution in [0.15, 0.2) is 0 Å². The zero-order valence-electron chi connectivity index (χ0n) is 24.8. The minimum Gasteiger partial charge on any atom is -0.396 e. The number of nitrogens with one attached hydrogen (secondary N) is 3. The maximum Gasteiger partial charge on any atom is 0.233 e. The molecule has 0 aliphatic heterocycles. The van der Waals surface area contributed by atoms with Gasteiger partial charge < -0.3 is 38.3 Å². The summed E-state index contributed by atoms with van der Waals surface area (Å²) >= 11 is 0. The fourth-order valence-corrected chi connectivity index (χ4v) is 10.2. The third kappa shape index (κ3) is 5.65. The Bertz CT molecular complexity index is 934. The van der Waals surface area contributed by atoms with Crippen LogP contribution in [0.3, 0.4) is 0 Å². The molecular formula is C30H54N6O4. The van der Waals surface area contributed by atoms with Gasteiger partial charge in [0, 0.05) is 24.7 Å². The molecule has 0 aromatic carbocycles. The van der Waals surface area contributed by atoms with Gasteiger partial charge in [-0.15, -0.1) is 0 Å². The number of rotatable bonds is 10. The van der Waals surface area contributed by atoms with E-state index in [1.165, 1.54) is 0 Å². The van der Waals surface area contributed by atoms with E-state index in [0.29, 0.717) is 29.6 Å². The van der Waals surface area contributed by atoms with E-state index in [2.05, 4.69) is 36.7 Å². The Labute approximate surface area is 239 Å². The summed E-state index contributed by atoms with van der Waals surface area (Å²) < 4.78 is 0. The van der Waals surface area contributed by atoms with Crippen molar-refractivity contribution < 1.29 is 19.5 Å². The van der Waals surface area contributed by atoms with Gasteiger partial charge in [0.25, 0.3) is 0 Å². The average Bonchev–Trinajstić information content (AvgIpc) is 3.30. The molecule has 11 atom stereocenters. The van der Waals surface area contributed by atoms with Crippen LogP contribution in [0.4, 0.5) is 0 Å². The standard InChI is InChI=1S/C30H54N6O4/c1-17(5-4-10-37)20-6-7-21-28-22(13-24(30(20,21)3)36-27(40)16-33)29(2)9-8-19(34-25(38)14-31)11-18(29)12-23(28)35-26(39)15-32/h17-24,28,37H,4-16,31-33H2,1-3H3,(H,34,38)(H,35,39)(H,36,40)/t17-,18?,19-,20?,21+,22+,23-,24+,28?,29?,30-/m1/s1. The summed E-state index contributed by atoms with van der Waals surface area (Å²) in [6.07, 6.45) is 8.36. The number of nitrogens with two attached hydrogens (primary N) is 3. The van der Waals surface area contributed by atoms with Crippen LogP contribution >= 0.6 is 0 Å². The summed E-state index contributed by atoms with van der Waals surface area (Å²) in [5.41, 5.74) is 17.1. The zero-order valence-corrected chi connectivity index (χ0v) is 24.8. The smallest absolute Gasteiger partial charge is 0.233 e. The molecule has 40 heavy (non-hydrogen) atoms. The van der Waals surface area contributed by atoms with Crippen LogP contribution in [0.2, 0.25) is 0 Å². The van der Waals surface area contributed by atoms with E-state index in [4.69, 9.17) is 17.2 Å². The Morgan fingerprint density at radius 3 is 2.17 bits per heavy atom. The van der Waals surface area contributed by atoms with Gasteiger partial charge in [-0.05, 0) is 104 Å². The molecule has 0 radical (unpaired) electrons. The summed E-state index contributed by atoms with van der Waals surface area (Å²) in [5, 5.41) is 19.4. The minimum atomic E-state index is -0.137. The van der Waals surface area contributed by atoms with E-state index in [0.717, 1.165) is 57.8 Å². The Kier molecular flexibility index (Phi) is 9.85. The van der Waals surface area contributed by atoms with Gasteiger partial charge in [0.2, 0.25) is 17.7 Å². The van der Waals surface area contributed by atoms with Crippen molar-refractivity contribution in [1.82, 2.24) is 16.0 Å². The zero-order chi connectivity index (χ0) is 29.2. The number of carbonyl (C=O) groups is 3. The number of hydrogen-bond donors (Lipinski definition) is 7. The number of aliphatic hydroxyl groups is 1. The van der Waals surface area contributed by atoms with Crippen LogP contribution in [0, 0.1) is 46.3 Å². The molecule has 0 heterocycles. The van der Waals surface area contributed by atoms with Crippen molar-refractivity contribution in [3.63, 3.8) is 0 Å². The molecular weight excluding hydrogens is 508 g/mol. The average molecular weight is 563 g/mol. The van der Waals surface area contributed by atoms with Crippen LogP contribution in [-0.2, 0) is 14.4 Å². The van der Waals surface area contributed by atoms with E-state index in [-0.39, 0.29) is 78.8 Å². The SMILES string of the molecule is C[C@H](CCCO)C1CC[C@H]2C3[C@H](NC(=O)CN)CC4C[C@H](NC(=O)CN)CCC4(C)[C@H]3C[C@H](NC(=O)CN)[C@]12C. The van der Waals surface area contributed by atoms with E-state index >= 15 is 0 Å². The highest BCUT2D eigenvalue weighted by molar-refractivity contribution is 5.79. The third-order valence-electron chi connectivity index (χ3n) is 12.0. The highest BCUT2D eigenvalue weighted by atomic mass is 16.3. The number of hydrogen-bond acceptors (Lipinski definition) is 7. The monoisotopic (exact) mass is 562 g/mol. The van der Waals surface area contributed by atoms with Gasteiger partial charge in [-0.1, -0.05) is 20.8 Å². The predicted molar refractivity (Wildman–Crippen MR) is 154 cm³/mol. The molecule has 4 fully saturated rings. The molecule has 0 spiro atoms. The molecule has 10 nitrogen and oxygen atoms in total. The van der Waals surface area contributed by atoms with Crippen molar-refractivity contribution in [1.29, 1.82) is 0 Å². The lowest BCUT2D eigenvalue weighted by molar-refractivity contribution is -0.153. The first kappa shape index (κ1) is 31.2. The first-order chi connectivity index (χ1) is 19.0. The fourth-order valence-electron chi connectivity index (χ4n) is 10.2. The lowest BCUT2D eigenvalue weighted by atomic mass is 9.42. The van der Waals surface area contributed by atoms with Crippen molar-refractivity contribution in [3.05, 3.63) is 0 Å². The molecule has 4 unspecified atom stereocenters. The third-order valence-corrected chi connectivity index (χ3v) is 12.0. The van der Waals surface area contributed by atoms with Crippen LogP contribution < -0.4 is 33.2 Å². The Hall–Kier alpha value is -1.75. The molecule has 4 aliphatic rings. The first-order valence-corrected chi connectivity index (χ1v) is 15.6. The summed E-state index contributed by atoms with van der Waals surface area (Å²) in [5.74, 6) is 1.73. The second kappa shape index (κ2) is 12.6. The molecule has 0 saturated heterocycles. The van der Waals surface area contributed by atoms with Gasteiger partial charge in [-0.2, -0.15) is 0 Å². The maximum atomic E-state index is 12.8. The maximum absolute atomic E-state index is 12.8. The van der Waals surface area contributed by atoms with Crippen molar-refractivity contribution in [2.75, 3.05) is 26.2 Å². The quantitative estimate of drug-likeness (QED) is 0.203. The van der Waals surface area contributed by atoms with Gasteiger partial charge >= 0.3 is 0 Å². The molecule has 0 bridgehead atoms. The number of carbonyl (C=O) groups excluding carboxylic acids is 3. The Morgan fingerprint density at radius 2 is 1.52 bits per heavy atom. The summed E-state index contributed by atoms with van der Waals surface area (Å²) in [6.45, 7) is 7.19. The summed E-state index contributed by atoms with van der Waals surface area (Å²) in [4.78, 5) is 37.7. The van der Waals surface area contributed by atoms with Crippen molar-refractivity contribution in [2.24, 2.45) is 63.5 Å². The molecule has 4 saturated carbocycles. The number of aliphatic hydroxyl groups excluding tert-OH is 1. The molecule has 4 aliphatic carbocycles. The summed E-state index contributed by atoms with van der Waals surface area (Å²) in [6, 6.07) is 0.0846. The van der Waals surface area contributed by atoms with E-state index in [1.807, 2.05) is 0 Å². The van der Waals surface area contributed by atoms with Crippen LogP contribution in [0.1, 0.15) is 78.6 Å². The Morgan fingerprint density at radius 1 is 0.875 bits per heavy atom. The van der Waals surface area contributed by atoms with Crippen LogP contribution in [-0.4, -0.2) is 67.2 Å². The van der Waals surface area contributed by atoms with Crippen LogP contribution in [0.25, 0.3) is 0 Å². The molecule has 3 amide bonds. The Balaban J connectivity index is 1.72. The predicted octanol–water partition coefficient (Wildman–Crippen LogP) is 0.604. The normalized spacial score (nSPS) is 41.2. The highest BCUT2D eigenvalue weighted by Crippen LogP contribution is 2.68. The van der Waals surface area contributed by atoms with Crippen molar-refractivity contribution in [3.8, 4) is 0 Å². The molecule has 10 heteroatoms. The van der Waals surface area contributed by atoms with Crippen LogP contribution in [0.5, 0.6) is 0 Å². The summed E-state index contributed by atoms with van der Waals surface area (Å²) in [7, 11) is 0. The molecule has 0 aromatic heterocycles. The van der Waals surface area contributed by atoms with Gasteiger partial charge in [0.15, 0.2) is 0 Å². The minimum absolute atomic E-state index is 0.00465. The van der Waals surface area contributed by atoms with Gasteiger partial charge in [0.05, 0.1) is 19.6 Å². The van der Waals surface area contributed by atoms with E-state index < -0.39 is 0 Å². The number of fused-ring (bicyclic) bond motifs is 5. The first-order valence-electron chi connectivity index (χ1n) is 15.6. The lowest BCUT2D eigenvalue weighted by Crippen LogP contribution is -2.68. The molecule has 0 aromatic rings. The molecule has 10 N–H and O–H groups in total. The van der Waals surface area contributed by atoms with Crippen molar-refractivity contribution >= 4 is 17.7 Å². The van der Waals surface area contributed by atoms with Crippen molar-refractivity contribution in [2.45, 2.75) is 96.7 Å². The van der Waals surface area contributed by atoms with E-state index in [1.54, 1.807) is 0 Å². The topological polar surface area (TPSA) is 186 Å². The van der Waals surface area contributed by atoms with Gasteiger partial charge in [-0.25, -0.2) is 0 Å². The van der Waals surface area contributed by atoms with E-state index in [9.17, 15) is 19.5 Å². The van der Waals surface area contributed by atoms with Gasteiger partial charge in [0.1, 0.15) is 0 Å².